The van der Waals surface area contributed by atoms with E-state index in [0.29, 0.717) is 11.7 Å². The van der Waals surface area contributed by atoms with Crippen LogP contribution >= 0.6 is 11.6 Å². The van der Waals surface area contributed by atoms with Crippen molar-refractivity contribution in [3.8, 4) is 0 Å². The largest absolute Gasteiger partial charge is 0.325 e. The number of carbonyl (C=O) groups is 1. The lowest BCUT2D eigenvalue weighted by Crippen LogP contribution is -2.34. The maximum atomic E-state index is 13.2. The number of carbonyl (C=O) groups excluding carboxylic acids is 1. The predicted molar refractivity (Wildman–Crippen MR) is 70.3 cm³/mol. The summed E-state index contributed by atoms with van der Waals surface area (Å²) in [6, 6.07) is 4.67. The van der Waals surface area contributed by atoms with Gasteiger partial charge in [0, 0.05) is 11.7 Å². The minimum atomic E-state index is -0.529. The maximum Gasteiger partial charge on any atom is 0.238 e. The summed E-state index contributed by atoms with van der Waals surface area (Å²) in [6.07, 6.45) is 4.70. The first-order valence-corrected chi connectivity index (χ1v) is 6.51. The molecule has 1 aromatic rings. The van der Waals surface area contributed by atoms with Crippen LogP contribution in [0.25, 0.3) is 0 Å². The quantitative estimate of drug-likeness (QED) is 0.883. The molecule has 0 bridgehead atoms. The molecule has 1 aliphatic rings. The number of hydrogen-bond acceptors (Lipinski definition) is 2. The molecule has 0 heterocycles. The van der Waals surface area contributed by atoms with Gasteiger partial charge in [-0.15, -0.1) is 0 Å². The molecule has 0 aromatic heterocycles. The standard InChI is InChI=1S/C13H16ClFN2O/c14-11-6-5-10(7-12(11)15)17-13(18)8-16-9-3-1-2-4-9/h5-7,9,16H,1-4,8H2,(H,17,18). The Bertz CT molecular complexity index is 433. The molecule has 1 aliphatic carbocycles. The lowest BCUT2D eigenvalue weighted by Gasteiger charge is -2.11. The van der Waals surface area contributed by atoms with Crippen LogP contribution in [0.3, 0.4) is 0 Å². The fraction of sp³-hybridized carbons (Fsp3) is 0.462. The molecular weight excluding hydrogens is 255 g/mol. The predicted octanol–water partition coefficient (Wildman–Crippen LogP) is 2.95. The first-order valence-electron chi connectivity index (χ1n) is 6.13. The van der Waals surface area contributed by atoms with Crippen molar-refractivity contribution in [3.05, 3.63) is 29.0 Å². The van der Waals surface area contributed by atoms with Crippen LogP contribution in [0.2, 0.25) is 5.02 Å². The summed E-state index contributed by atoms with van der Waals surface area (Å²) in [5, 5.41) is 5.88. The zero-order valence-corrected chi connectivity index (χ0v) is 10.8. The van der Waals surface area contributed by atoms with Gasteiger partial charge in [-0.2, -0.15) is 0 Å². The number of halogens is 2. The first-order chi connectivity index (χ1) is 8.65. The second kappa shape index (κ2) is 6.16. The SMILES string of the molecule is O=C(CNC1CCCC1)Nc1ccc(Cl)c(F)c1. The average Bonchev–Trinajstić information content (AvgIpc) is 2.84. The summed E-state index contributed by atoms with van der Waals surface area (Å²) < 4.78 is 13.2. The van der Waals surface area contributed by atoms with E-state index >= 15 is 0 Å². The zero-order valence-electron chi connectivity index (χ0n) is 10.0. The molecule has 1 amide bonds. The average molecular weight is 271 g/mol. The lowest BCUT2D eigenvalue weighted by atomic mass is 10.2. The summed E-state index contributed by atoms with van der Waals surface area (Å²) in [4.78, 5) is 11.6. The Morgan fingerprint density at radius 3 is 2.78 bits per heavy atom. The highest BCUT2D eigenvalue weighted by Gasteiger charge is 2.15. The molecule has 0 saturated heterocycles. The Morgan fingerprint density at radius 1 is 1.39 bits per heavy atom. The number of rotatable bonds is 4. The molecular formula is C13H16ClFN2O. The Balaban J connectivity index is 1.80. The molecule has 2 N–H and O–H groups in total. The van der Waals surface area contributed by atoms with E-state index in [1.165, 1.54) is 25.0 Å². The molecule has 0 atom stereocenters. The highest BCUT2D eigenvalue weighted by Crippen LogP contribution is 2.19. The van der Waals surface area contributed by atoms with E-state index in [1.807, 2.05) is 0 Å². The van der Waals surface area contributed by atoms with E-state index in [2.05, 4.69) is 10.6 Å². The van der Waals surface area contributed by atoms with Gasteiger partial charge in [-0.3, -0.25) is 4.79 Å². The minimum Gasteiger partial charge on any atom is -0.325 e. The Morgan fingerprint density at radius 2 is 2.11 bits per heavy atom. The number of benzene rings is 1. The molecule has 0 radical (unpaired) electrons. The van der Waals surface area contributed by atoms with E-state index < -0.39 is 5.82 Å². The number of hydrogen-bond donors (Lipinski definition) is 2. The third-order valence-electron chi connectivity index (χ3n) is 3.11. The van der Waals surface area contributed by atoms with Crippen molar-refractivity contribution in [2.45, 2.75) is 31.7 Å². The fourth-order valence-electron chi connectivity index (χ4n) is 2.15. The van der Waals surface area contributed by atoms with Crippen LogP contribution in [0.15, 0.2) is 18.2 Å². The number of nitrogens with one attached hydrogen (secondary N) is 2. The van der Waals surface area contributed by atoms with Gasteiger partial charge in [0.1, 0.15) is 5.82 Å². The van der Waals surface area contributed by atoms with E-state index in [1.54, 1.807) is 6.07 Å². The van der Waals surface area contributed by atoms with Gasteiger partial charge in [0.15, 0.2) is 0 Å². The Labute approximate surface area is 111 Å². The molecule has 1 fully saturated rings. The third-order valence-corrected chi connectivity index (χ3v) is 3.42. The molecule has 2 rings (SSSR count). The number of anilines is 1. The molecule has 0 spiro atoms. The molecule has 3 nitrogen and oxygen atoms in total. The topological polar surface area (TPSA) is 41.1 Å². The van der Waals surface area contributed by atoms with Crippen LogP contribution in [0.5, 0.6) is 0 Å². The monoisotopic (exact) mass is 270 g/mol. The van der Waals surface area contributed by atoms with Gasteiger partial charge in [0.05, 0.1) is 11.6 Å². The molecule has 98 valence electrons. The second-order valence-corrected chi connectivity index (χ2v) is 4.95. The lowest BCUT2D eigenvalue weighted by molar-refractivity contribution is -0.115. The maximum absolute atomic E-state index is 13.2. The summed E-state index contributed by atoms with van der Waals surface area (Å²) in [7, 11) is 0. The second-order valence-electron chi connectivity index (χ2n) is 4.54. The zero-order chi connectivity index (χ0) is 13.0. The fourth-order valence-corrected chi connectivity index (χ4v) is 2.26. The highest BCUT2D eigenvalue weighted by atomic mass is 35.5. The minimum absolute atomic E-state index is 0.0529. The summed E-state index contributed by atoms with van der Waals surface area (Å²) in [5.41, 5.74) is 0.426. The van der Waals surface area contributed by atoms with Crippen LogP contribution < -0.4 is 10.6 Å². The van der Waals surface area contributed by atoms with Gasteiger partial charge < -0.3 is 10.6 Å². The van der Waals surface area contributed by atoms with Crippen LogP contribution in [0.1, 0.15) is 25.7 Å². The molecule has 0 unspecified atom stereocenters. The smallest absolute Gasteiger partial charge is 0.238 e. The normalized spacial score (nSPS) is 15.9. The van der Waals surface area contributed by atoms with Crippen molar-refractivity contribution in [2.24, 2.45) is 0 Å². The van der Waals surface area contributed by atoms with E-state index in [-0.39, 0.29) is 17.5 Å². The summed E-state index contributed by atoms with van der Waals surface area (Å²) in [6.45, 7) is 0.259. The van der Waals surface area contributed by atoms with Crippen molar-refractivity contribution in [3.63, 3.8) is 0 Å². The van der Waals surface area contributed by atoms with Crippen molar-refractivity contribution in [1.29, 1.82) is 0 Å². The van der Waals surface area contributed by atoms with Gasteiger partial charge >= 0.3 is 0 Å². The molecule has 1 saturated carbocycles. The van der Waals surface area contributed by atoms with Crippen LogP contribution in [-0.2, 0) is 4.79 Å². The van der Waals surface area contributed by atoms with Crippen molar-refractivity contribution in [2.75, 3.05) is 11.9 Å². The van der Waals surface area contributed by atoms with E-state index in [0.717, 1.165) is 12.8 Å². The van der Waals surface area contributed by atoms with Gasteiger partial charge in [0.2, 0.25) is 5.91 Å². The summed E-state index contributed by atoms with van der Waals surface area (Å²) >= 11 is 5.56. The molecule has 1 aromatic carbocycles. The van der Waals surface area contributed by atoms with Crippen LogP contribution in [-0.4, -0.2) is 18.5 Å². The highest BCUT2D eigenvalue weighted by molar-refractivity contribution is 6.30. The number of amides is 1. The van der Waals surface area contributed by atoms with Gasteiger partial charge in [-0.1, -0.05) is 24.4 Å². The van der Waals surface area contributed by atoms with Crippen LogP contribution in [0.4, 0.5) is 10.1 Å². The molecule has 5 heteroatoms. The summed E-state index contributed by atoms with van der Waals surface area (Å²) in [5.74, 6) is -0.693. The third kappa shape index (κ3) is 3.68. The van der Waals surface area contributed by atoms with E-state index in [4.69, 9.17) is 11.6 Å². The first kappa shape index (κ1) is 13.3. The molecule has 18 heavy (non-hydrogen) atoms. The van der Waals surface area contributed by atoms with Crippen molar-refractivity contribution >= 4 is 23.2 Å². The van der Waals surface area contributed by atoms with Gasteiger partial charge in [0.25, 0.3) is 0 Å². The van der Waals surface area contributed by atoms with Gasteiger partial charge in [-0.05, 0) is 31.0 Å². The molecule has 0 aliphatic heterocycles. The van der Waals surface area contributed by atoms with Crippen LogP contribution in [0, 0.1) is 5.82 Å². The Hall–Kier alpha value is -1.13. The van der Waals surface area contributed by atoms with Crippen molar-refractivity contribution in [1.82, 2.24) is 5.32 Å². The van der Waals surface area contributed by atoms with Crippen molar-refractivity contribution < 1.29 is 9.18 Å². The Kier molecular flexibility index (Phi) is 4.55. The van der Waals surface area contributed by atoms with E-state index in [9.17, 15) is 9.18 Å². The van der Waals surface area contributed by atoms with Gasteiger partial charge in [-0.25, -0.2) is 4.39 Å².